The van der Waals surface area contributed by atoms with Crippen molar-refractivity contribution in [1.82, 2.24) is 9.80 Å². The Labute approximate surface area is 184 Å². The Kier molecular flexibility index (Phi) is 7.57. The molecule has 1 aromatic carbocycles. The van der Waals surface area contributed by atoms with Gasteiger partial charge in [-0.1, -0.05) is 30.3 Å². The normalized spacial score (nSPS) is 19.0. The Morgan fingerprint density at radius 2 is 1.58 bits per heavy atom. The molecule has 1 aromatic rings. The Morgan fingerprint density at radius 3 is 2.13 bits per heavy atom. The number of esters is 1. The van der Waals surface area contributed by atoms with E-state index in [-0.39, 0.29) is 19.6 Å². The molecule has 0 radical (unpaired) electrons. The van der Waals surface area contributed by atoms with Gasteiger partial charge in [0.05, 0.1) is 6.04 Å². The first-order chi connectivity index (χ1) is 14.3. The van der Waals surface area contributed by atoms with Crippen molar-refractivity contribution in [2.45, 2.75) is 77.9 Å². The number of benzene rings is 1. The second kappa shape index (κ2) is 9.58. The predicted octanol–water partition coefficient (Wildman–Crippen LogP) is 3.97. The fraction of sp³-hybridized carbons (Fsp3) is 0.609. The van der Waals surface area contributed by atoms with E-state index in [2.05, 4.69) is 0 Å². The summed E-state index contributed by atoms with van der Waals surface area (Å²) in [6.07, 6.45) is -0.892. The predicted molar refractivity (Wildman–Crippen MR) is 115 cm³/mol. The third kappa shape index (κ3) is 7.45. The topological polar surface area (TPSA) is 85.4 Å². The highest BCUT2D eigenvalue weighted by atomic mass is 16.6. The van der Waals surface area contributed by atoms with Gasteiger partial charge in [-0.25, -0.2) is 14.4 Å². The zero-order valence-electron chi connectivity index (χ0n) is 19.5. The quantitative estimate of drug-likeness (QED) is 0.526. The van der Waals surface area contributed by atoms with Crippen LogP contribution in [0.1, 0.15) is 53.5 Å². The molecule has 1 heterocycles. The zero-order chi connectivity index (χ0) is 23.4. The van der Waals surface area contributed by atoms with Gasteiger partial charge in [0.2, 0.25) is 0 Å². The van der Waals surface area contributed by atoms with Gasteiger partial charge in [0.25, 0.3) is 0 Å². The van der Waals surface area contributed by atoms with Crippen LogP contribution >= 0.6 is 0 Å². The highest BCUT2D eigenvalue weighted by Crippen LogP contribution is 2.26. The van der Waals surface area contributed by atoms with Crippen LogP contribution < -0.4 is 0 Å². The third-order valence-corrected chi connectivity index (χ3v) is 4.63. The zero-order valence-corrected chi connectivity index (χ0v) is 19.5. The summed E-state index contributed by atoms with van der Waals surface area (Å²) in [5.41, 5.74) is -0.520. The first-order valence-corrected chi connectivity index (χ1v) is 10.4. The largest absolute Gasteiger partial charge is 0.459 e. The van der Waals surface area contributed by atoms with E-state index < -0.39 is 41.4 Å². The number of likely N-dealkylation sites (N-methyl/N-ethyl adjacent to an activating group) is 1. The van der Waals surface area contributed by atoms with Gasteiger partial charge in [0.15, 0.2) is 0 Å². The SMILES string of the molecule is CN(C(=O)OC(C)(C)C)[C@@H]1C[C@@H](C(=O)OCc2ccccc2)N(C(=O)OC(C)(C)C)C1. The lowest BCUT2D eigenvalue weighted by Crippen LogP contribution is -2.45. The number of rotatable bonds is 4. The number of hydrogen-bond donors (Lipinski definition) is 0. The molecule has 0 N–H and O–H groups in total. The van der Waals surface area contributed by atoms with Gasteiger partial charge >= 0.3 is 18.2 Å². The summed E-state index contributed by atoms with van der Waals surface area (Å²) >= 11 is 0. The van der Waals surface area contributed by atoms with Crippen molar-refractivity contribution < 1.29 is 28.6 Å². The number of nitrogens with zero attached hydrogens (tertiary/aromatic N) is 2. The molecule has 2 rings (SSSR count). The van der Waals surface area contributed by atoms with Crippen LogP contribution in [-0.2, 0) is 25.6 Å². The first kappa shape index (κ1) is 24.5. The standard InChI is InChI=1S/C23H34N2O6/c1-22(2,3)30-20(27)24(7)17-13-18(25(14-17)21(28)31-23(4,5)6)19(26)29-15-16-11-9-8-10-12-16/h8-12,17-18H,13-15H2,1-7H3/t17-,18+/m1/s1. The van der Waals surface area contributed by atoms with E-state index in [9.17, 15) is 14.4 Å². The second-order valence-corrected chi connectivity index (χ2v) is 9.72. The maximum absolute atomic E-state index is 12.9. The van der Waals surface area contributed by atoms with E-state index in [1.807, 2.05) is 30.3 Å². The molecule has 2 atom stereocenters. The molecule has 1 saturated heterocycles. The minimum absolute atomic E-state index is 0.102. The van der Waals surface area contributed by atoms with Gasteiger partial charge in [-0.3, -0.25) is 4.90 Å². The van der Waals surface area contributed by atoms with Crippen LogP contribution in [0.5, 0.6) is 0 Å². The Morgan fingerprint density at radius 1 is 1.00 bits per heavy atom. The number of amides is 2. The van der Waals surface area contributed by atoms with Gasteiger partial charge < -0.3 is 19.1 Å². The van der Waals surface area contributed by atoms with Gasteiger partial charge in [-0.2, -0.15) is 0 Å². The van der Waals surface area contributed by atoms with Gasteiger partial charge in [-0.05, 0) is 47.1 Å². The molecule has 1 aliphatic rings. The molecule has 8 heteroatoms. The molecule has 1 fully saturated rings. The molecular formula is C23H34N2O6. The monoisotopic (exact) mass is 434 g/mol. The van der Waals surface area contributed by atoms with Crippen LogP contribution in [0.2, 0.25) is 0 Å². The van der Waals surface area contributed by atoms with E-state index in [0.29, 0.717) is 0 Å². The minimum atomic E-state index is -0.853. The molecule has 0 saturated carbocycles. The van der Waals surface area contributed by atoms with Crippen LogP contribution in [0.4, 0.5) is 9.59 Å². The van der Waals surface area contributed by atoms with E-state index in [0.717, 1.165) is 5.56 Å². The molecule has 172 valence electrons. The highest BCUT2D eigenvalue weighted by Gasteiger charge is 2.45. The lowest BCUT2D eigenvalue weighted by Gasteiger charge is -2.29. The molecule has 0 bridgehead atoms. The molecule has 8 nitrogen and oxygen atoms in total. The van der Waals surface area contributed by atoms with Crippen LogP contribution in [0.25, 0.3) is 0 Å². The molecule has 2 amide bonds. The van der Waals surface area contributed by atoms with Crippen LogP contribution in [-0.4, -0.2) is 64.8 Å². The fourth-order valence-electron chi connectivity index (χ4n) is 3.15. The first-order valence-electron chi connectivity index (χ1n) is 10.4. The third-order valence-electron chi connectivity index (χ3n) is 4.63. The Balaban J connectivity index is 2.14. The average Bonchev–Trinajstić information content (AvgIpc) is 3.09. The number of hydrogen-bond acceptors (Lipinski definition) is 6. The summed E-state index contributed by atoms with van der Waals surface area (Å²) in [5, 5.41) is 0. The highest BCUT2D eigenvalue weighted by molar-refractivity contribution is 5.83. The summed E-state index contributed by atoms with van der Waals surface area (Å²) in [6, 6.07) is 8.04. The number of ether oxygens (including phenoxy) is 3. The second-order valence-electron chi connectivity index (χ2n) is 9.72. The average molecular weight is 435 g/mol. The molecular weight excluding hydrogens is 400 g/mol. The van der Waals surface area contributed by atoms with Crippen molar-refractivity contribution in [1.29, 1.82) is 0 Å². The Bertz CT molecular complexity index is 781. The number of carbonyl (C=O) groups is 3. The molecule has 0 aliphatic carbocycles. The maximum atomic E-state index is 12.9. The van der Waals surface area contributed by atoms with E-state index in [1.165, 1.54) is 9.80 Å². The molecule has 31 heavy (non-hydrogen) atoms. The van der Waals surface area contributed by atoms with Gasteiger partial charge in [0.1, 0.15) is 23.9 Å². The smallest absolute Gasteiger partial charge is 0.411 e. The molecule has 0 unspecified atom stereocenters. The molecule has 1 aliphatic heterocycles. The molecule has 0 spiro atoms. The number of likely N-dealkylation sites (tertiary alicyclic amines) is 1. The maximum Gasteiger partial charge on any atom is 0.411 e. The Hall–Kier alpha value is -2.77. The summed E-state index contributed by atoms with van der Waals surface area (Å²) in [7, 11) is 1.60. The van der Waals surface area contributed by atoms with Crippen molar-refractivity contribution in [2.24, 2.45) is 0 Å². The van der Waals surface area contributed by atoms with Crippen molar-refractivity contribution in [2.75, 3.05) is 13.6 Å². The lowest BCUT2D eigenvalue weighted by atomic mass is 10.1. The van der Waals surface area contributed by atoms with Crippen LogP contribution in [0, 0.1) is 0 Å². The summed E-state index contributed by atoms with van der Waals surface area (Å²) in [6.45, 7) is 10.9. The van der Waals surface area contributed by atoms with Crippen molar-refractivity contribution in [3.8, 4) is 0 Å². The fourth-order valence-corrected chi connectivity index (χ4v) is 3.15. The van der Waals surface area contributed by atoms with Crippen molar-refractivity contribution in [3.05, 3.63) is 35.9 Å². The van der Waals surface area contributed by atoms with Crippen LogP contribution in [0.15, 0.2) is 30.3 Å². The minimum Gasteiger partial charge on any atom is -0.459 e. The van der Waals surface area contributed by atoms with Gasteiger partial charge in [0, 0.05) is 20.0 Å². The van der Waals surface area contributed by atoms with E-state index >= 15 is 0 Å². The summed E-state index contributed by atoms with van der Waals surface area (Å²) in [4.78, 5) is 40.9. The van der Waals surface area contributed by atoms with Crippen molar-refractivity contribution >= 4 is 18.2 Å². The molecule has 0 aromatic heterocycles. The van der Waals surface area contributed by atoms with E-state index in [4.69, 9.17) is 14.2 Å². The lowest BCUT2D eigenvalue weighted by molar-refractivity contribution is -0.150. The van der Waals surface area contributed by atoms with Crippen molar-refractivity contribution in [3.63, 3.8) is 0 Å². The summed E-state index contributed by atoms with van der Waals surface area (Å²) in [5.74, 6) is -0.533. The summed E-state index contributed by atoms with van der Waals surface area (Å²) < 4.78 is 16.4. The van der Waals surface area contributed by atoms with Gasteiger partial charge in [-0.15, -0.1) is 0 Å². The van der Waals surface area contributed by atoms with Crippen LogP contribution in [0.3, 0.4) is 0 Å². The van der Waals surface area contributed by atoms with E-state index in [1.54, 1.807) is 48.6 Å². The number of carbonyl (C=O) groups excluding carboxylic acids is 3.